The number of carbonyl (C=O) groups is 1. The Bertz CT molecular complexity index is 614. The minimum atomic E-state index is 0. The summed E-state index contributed by atoms with van der Waals surface area (Å²) in [6, 6.07) is 11.5. The van der Waals surface area contributed by atoms with Gasteiger partial charge in [0.25, 0.3) is 5.91 Å². The topological polar surface area (TPSA) is 49.6 Å². The molecule has 0 bridgehead atoms. The SMILES string of the molecule is Cl.Cl.Nc1ccccc1C(=O)N1CCN(Cc2cccs2)CC1. The van der Waals surface area contributed by atoms with Crippen molar-refractivity contribution in [3.63, 3.8) is 0 Å². The second-order valence-corrected chi connectivity index (χ2v) is 6.27. The number of carbonyl (C=O) groups excluding carboxylic acids is 1. The van der Waals surface area contributed by atoms with Crippen molar-refractivity contribution in [2.75, 3.05) is 31.9 Å². The first-order chi connectivity index (χ1) is 10.2. The van der Waals surface area contributed by atoms with Crippen LogP contribution in [0.3, 0.4) is 0 Å². The maximum atomic E-state index is 12.5. The number of anilines is 1. The number of thiophene rings is 1. The molecule has 0 saturated carbocycles. The lowest BCUT2D eigenvalue weighted by Gasteiger charge is -2.34. The van der Waals surface area contributed by atoms with Gasteiger partial charge in [0.05, 0.1) is 5.56 Å². The lowest BCUT2D eigenvalue weighted by Crippen LogP contribution is -2.48. The van der Waals surface area contributed by atoms with Crippen LogP contribution in [0, 0.1) is 0 Å². The van der Waals surface area contributed by atoms with Crippen molar-refractivity contribution < 1.29 is 4.79 Å². The van der Waals surface area contributed by atoms with E-state index in [1.165, 1.54) is 4.88 Å². The lowest BCUT2D eigenvalue weighted by atomic mass is 10.1. The van der Waals surface area contributed by atoms with Crippen LogP contribution in [0.25, 0.3) is 0 Å². The summed E-state index contributed by atoms with van der Waals surface area (Å²) in [6.07, 6.45) is 0. The number of nitrogen functional groups attached to an aromatic ring is 1. The number of hydrogen-bond donors (Lipinski definition) is 1. The molecule has 1 aliphatic heterocycles. The van der Waals surface area contributed by atoms with Gasteiger partial charge in [0, 0.05) is 43.3 Å². The minimum absolute atomic E-state index is 0. The van der Waals surface area contributed by atoms with Gasteiger partial charge >= 0.3 is 0 Å². The number of nitrogens with zero attached hydrogens (tertiary/aromatic N) is 2. The molecule has 0 unspecified atom stereocenters. The third-order valence-corrected chi connectivity index (χ3v) is 4.67. The van der Waals surface area contributed by atoms with Crippen molar-refractivity contribution in [1.82, 2.24) is 9.80 Å². The summed E-state index contributed by atoms with van der Waals surface area (Å²) in [5, 5.41) is 2.10. The standard InChI is InChI=1S/C16H19N3OS.2ClH/c17-15-6-2-1-5-14(15)16(20)19-9-7-18(8-10-19)12-13-4-3-11-21-13;;/h1-6,11H,7-10,12,17H2;2*1H. The zero-order chi connectivity index (χ0) is 14.7. The molecule has 4 nitrogen and oxygen atoms in total. The van der Waals surface area contributed by atoms with Gasteiger partial charge in [-0.3, -0.25) is 9.69 Å². The fourth-order valence-corrected chi connectivity index (χ4v) is 3.34. The van der Waals surface area contributed by atoms with Crippen molar-refractivity contribution in [1.29, 1.82) is 0 Å². The van der Waals surface area contributed by atoms with E-state index in [2.05, 4.69) is 22.4 Å². The Balaban J connectivity index is 0.00000132. The summed E-state index contributed by atoms with van der Waals surface area (Å²) >= 11 is 1.78. The average Bonchev–Trinajstić information content (AvgIpc) is 3.01. The molecule has 7 heteroatoms. The molecule has 126 valence electrons. The van der Waals surface area contributed by atoms with Gasteiger partial charge in [-0.05, 0) is 23.6 Å². The lowest BCUT2D eigenvalue weighted by molar-refractivity contribution is 0.0630. The molecule has 3 rings (SSSR count). The first-order valence-corrected chi connectivity index (χ1v) is 8.00. The van der Waals surface area contributed by atoms with Crippen LogP contribution in [-0.4, -0.2) is 41.9 Å². The molecule has 2 aromatic rings. The monoisotopic (exact) mass is 373 g/mol. The van der Waals surface area contributed by atoms with E-state index in [1.807, 2.05) is 17.0 Å². The largest absolute Gasteiger partial charge is 0.398 e. The van der Waals surface area contributed by atoms with Gasteiger partial charge in [-0.1, -0.05) is 18.2 Å². The van der Waals surface area contributed by atoms with Gasteiger partial charge in [0.2, 0.25) is 0 Å². The molecule has 2 heterocycles. The van der Waals surface area contributed by atoms with Gasteiger partial charge < -0.3 is 10.6 Å². The summed E-state index contributed by atoms with van der Waals surface area (Å²) in [4.78, 5) is 18.1. The van der Waals surface area contributed by atoms with E-state index in [4.69, 9.17) is 5.73 Å². The van der Waals surface area contributed by atoms with Crippen LogP contribution < -0.4 is 5.73 Å². The normalized spacial score (nSPS) is 14.7. The van der Waals surface area contributed by atoms with Crippen LogP contribution in [0.2, 0.25) is 0 Å². The first-order valence-electron chi connectivity index (χ1n) is 7.12. The third-order valence-electron chi connectivity index (χ3n) is 3.81. The summed E-state index contributed by atoms with van der Waals surface area (Å²) in [7, 11) is 0. The number of nitrogens with two attached hydrogens (primary N) is 1. The molecule has 1 saturated heterocycles. The van der Waals surface area contributed by atoms with Crippen molar-refractivity contribution in [2.45, 2.75) is 6.54 Å². The molecule has 1 aromatic heterocycles. The number of para-hydroxylation sites is 1. The van der Waals surface area contributed by atoms with Crippen molar-refractivity contribution >= 4 is 47.7 Å². The molecule has 1 aliphatic rings. The molecule has 23 heavy (non-hydrogen) atoms. The van der Waals surface area contributed by atoms with Crippen LogP contribution in [0.5, 0.6) is 0 Å². The Morgan fingerprint density at radius 1 is 1.04 bits per heavy atom. The number of benzene rings is 1. The van der Waals surface area contributed by atoms with E-state index in [-0.39, 0.29) is 30.7 Å². The zero-order valence-corrected chi connectivity index (χ0v) is 15.1. The maximum absolute atomic E-state index is 12.5. The third kappa shape index (κ3) is 4.85. The molecule has 1 amide bonds. The second-order valence-electron chi connectivity index (χ2n) is 5.23. The summed E-state index contributed by atoms with van der Waals surface area (Å²) in [6.45, 7) is 4.33. The highest BCUT2D eigenvalue weighted by molar-refractivity contribution is 7.09. The smallest absolute Gasteiger partial charge is 0.256 e. The fraction of sp³-hybridized carbons (Fsp3) is 0.312. The predicted octanol–water partition coefficient (Wildman–Crippen LogP) is 3.13. The summed E-state index contributed by atoms with van der Waals surface area (Å²) in [5.41, 5.74) is 7.06. The van der Waals surface area contributed by atoms with Crippen molar-refractivity contribution in [2.24, 2.45) is 0 Å². The number of hydrogen-bond acceptors (Lipinski definition) is 4. The van der Waals surface area contributed by atoms with Gasteiger partial charge in [0.15, 0.2) is 0 Å². The number of rotatable bonds is 3. The van der Waals surface area contributed by atoms with Crippen LogP contribution in [0.4, 0.5) is 5.69 Å². The first kappa shape index (κ1) is 19.8. The van der Waals surface area contributed by atoms with E-state index >= 15 is 0 Å². The molecular formula is C16H21Cl2N3OS. The summed E-state index contributed by atoms with van der Waals surface area (Å²) in [5.74, 6) is 0.0453. The van der Waals surface area contributed by atoms with E-state index in [1.54, 1.807) is 23.5 Å². The Hall–Kier alpha value is -1.27. The Labute approximate surface area is 153 Å². The highest BCUT2D eigenvalue weighted by Gasteiger charge is 2.23. The highest BCUT2D eigenvalue weighted by Crippen LogP contribution is 2.17. The molecule has 0 spiro atoms. The Morgan fingerprint density at radius 2 is 1.74 bits per heavy atom. The van der Waals surface area contributed by atoms with E-state index in [9.17, 15) is 4.79 Å². The minimum Gasteiger partial charge on any atom is -0.398 e. The van der Waals surface area contributed by atoms with E-state index in [0.717, 1.165) is 32.7 Å². The maximum Gasteiger partial charge on any atom is 0.256 e. The van der Waals surface area contributed by atoms with Crippen molar-refractivity contribution in [3.8, 4) is 0 Å². The van der Waals surface area contributed by atoms with Crippen LogP contribution in [0.1, 0.15) is 15.2 Å². The summed E-state index contributed by atoms with van der Waals surface area (Å²) < 4.78 is 0. The van der Waals surface area contributed by atoms with E-state index < -0.39 is 0 Å². The Morgan fingerprint density at radius 3 is 2.35 bits per heavy atom. The Kier molecular flexibility index (Phi) is 7.85. The van der Waals surface area contributed by atoms with Crippen LogP contribution in [-0.2, 0) is 6.54 Å². The predicted molar refractivity (Wildman–Crippen MR) is 101 cm³/mol. The molecule has 0 radical (unpaired) electrons. The van der Waals surface area contributed by atoms with Gasteiger partial charge in [-0.2, -0.15) is 0 Å². The average molecular weight is 374 g/mol. The van der Waals surface area contributed by atoms with Crippen LogP contribution >= 0.6 is 36.2 Å². The molecule has 2 N–H and O–H groups in total. The fourth-order valence-electron chi connectivity index (χ4n) is 2.59. The quantitative estimate of drug-likeness (QED) is 0.840. The molecule has 1 aromatic carbocycles. The van der Waals surface area contributed by atoms with Gasteiger partial charge in [0.1, 0.15) is 0 Å². The van der Waals surface area contributed by atoms with E-state index in [0.29, 0.717) is 11.3 Å². The van der Waals surface area contributed by atoms with Gasteiger partial charge in [-0.25, -0.2) is 0 Å². The van der Waals surface area contributed by atoms with Gasteiger partial charge in [-0.15, -0.1) is 36.2 Å². The molecule has 0 aliphatic carbocycles. The molecular weight excluding hydrogens is 353 g/mol. The second kappa shape index (κ2) is 9.13. The number of amides is 1. The zero-order valence-electron chi connectivity index (χ0n) is 12.7. The number of piperazine rings is 1. The van der Waals surface area contributed by atoms with Crippen LogP contribution in [0.15, 0.2) is 41.8 Å². The number of halogens is 2. The highest BCUT2D eigenvalue weighted by atomic mass is 35.5. The van der Waals surface area contributed by atoms with Crippen molar-refractivity contribution in [3.05, 3.63) is 52.2 Å². The molecule has 0 atom stereocenters. The molecule has 1 fully saturated rings.